The number of hydrazone groups is 1. The predicted octanol–water partition coefficient (Wildman–Crippen LogP) is 0.387. The van der Waals surface area contributed by atoms with Gasteiger partial charge in [0.15, 0.2) is 0 Å². The van der Waals surface area contributed by atoms with Crippen molar-refractivity contribution in [2.45, 2.75) is 0 Å². The first-order chi connectivity index (χ1) is 12.0. The molecule has 2 amide bonds. The molecule has 0 unspecified atom stereocenters. The maximum atomic E-state index is 12.3. The Morgan fingerprint density at radius 1 is 1.20 bits per heavy atom. The molecule has 0 aliphatic heterocycles. The zero-order chi connectivity index (χ0) is 18.0. The van der Waals surface area contributed by atoms with Crippen LogP contribution in [0.15, 0.2) is 57.2 Å². The van der Waals surface area contributed by atoms with Gasteiger partial charge < -0.3 is 10.8 Å². The highest BCUT2D eigenvalue weighted by atomic mass is 16.3. The fraction of sp³-hybridized carbons (Fsp3) is 0. The number of carbonyl (C=O) groups excluding carboxylic acids is 1. The molecule has 0 aliphatic carbocycles. The Balaban J connectivity index is 2.26. The summed E-state index contributed by atoms with van der Waals surface area (Å²) in [6, 6.07) is 11.5. The van der Waals surface area contributed by atoms with Crippen LogP contribution in [0.4, 0.5) is 4.79 Å². The molecule has 0 atom stereocenters. The van der Waals surface area contributed by atoms with E-state index in [-0.39, 0.29) is 5.56 Å². The Morgan fingerprint density at radius 3 is 2.68 bits per heavy atom. The summed E-state index contributed by atoms with van der Waals surface area (Å²) in [5, 5.41) is 15.4. The van der Waals surface area contributed by atoms with Crippen LogP contribution in [-0.4, -0.2) is 26.9 Å². The largest absolute Gasteiger partial charge is 0.493 e. The molecule has 0 spiro atoms. The molecule has 9 nitrogen and oxygen atoms in total. The van der Waals surface area contributed by atoms with Crippen LogP contribution >= 0.6 is 0 Å². The third-order valence-electron chi connectivity index (χ3n) is 3.50. The molecule has 126 valence electrons. The van der Waals surface area contributed by atoms with E-state index in [9.17, 15) is 19.5 Å². The number of primary amides is 1. The zero-order valence-electron chi connectivity index (χ0n) is 12.8. The van der Waals surface area contributed by atoms with Crippen molar-refractivity contribution >= 4 is 23.0 Å². The van der Waals surface area contributed by atoms with Crippen molar-refractivity contribution in [3.63, 3.8) is 0 Å². The number of carbonyl (C=O) groups is 1. The number of hydrogen-bond acceptors (Lipinski definition) is 5. The summed E-state index contributed by atoms with van der Waals surface area (Å²) in [6.45, 7) is 0. The third kappa shape index (κ3) is 2.98. The second-order valence-corrected chi connectivity index (χ2v) is 5.06. The highest BCUT2D eigenvalue weighted by Gasteiger charge is 2.15. The summed E-state index contributed by atoms with van der Waals surface area (Å²) in [6.07, 6.45) is 0.903. The van der Waals surface area contributed by atoms with Crippen LogP contribution in [0.2, 0.25) is 0 Å². The van der Waals surface area contributed by atoms with E-state index >= 15 is 0 Å². The number of benzene rings is 2. The Morgan fingerprint density at radius 2 is 1.92 bits per heavy atom. The van der Waals surface area contributed by atoms with Gasteiger partial charge >= 0.3 is 11.7 Å². The smallest absolute Gasteiger partial charge is 0.335 e. The number of aromatic amines is 1. The summed E-state index contributed by atoms with van der Waals surface area (Å²) in [5.41, 5.74) is 5.20. The molecular weight excluding hydrogens is 326 g/mol. The molecule has 0 fully saturated rings. The van der Waals surface area contributed by atoms with Crippen molar-refractivity contribution in [1.82, 2.24) is 15.0 Å². The number of aromatic nitrogens is 2. The molecule has 3 aromatic rings. The van der Waals surface area contributed by atoms with Crippen LogP contribution in [0, 0.1) is 0 Å². The highest BCUT2D eigenvalue weighted by molar-refractivity contribution is 5.91. The van der Waals surface area contributed by atoms with Gasteiger partial charge in [-0.05, 0) is 11.5 Å². The van der Waals surface area contributed by atoms with E-state index in [1.165, 1.54) is 0 Å². The number of nitrogens with zero attached hydrogens (tertiary/aromatic N) is 2. The normalized spacial score (nSPS) is 11.0. The van der Waals surface area contributed by atoms with E-state index in [0.29, 0.717) is 11.1 Å². The van der Waals surface area contributed by atoms with Crippen LogP contribution in [0.3, 0.4) is 0 Å². The number of H-pyrrole nitrogens is 1. The van der Waals surface area contributed by atoms with Crippen molar-refractivity contribution < 1.29 is 9.90 Å². The summed E-state index contributed by atoms with van der Waals surface area (Å²) in [5.74, 6) is -0.611. The number of nitrogens with one attached hydrogen (secondary N) is 2. The molecule has 25 heavy (non-hydrogen) atoms. The van der Waals surface area contributed by atoms with Gasteiger partial charge in [-0.15, -0.1) is 0 Å². The average Bonchev–Trinajstić information content (AvgIpc) is 2.57. The van der Waals surface area contributed by atoms with E-state index in [1.54, 1.807) is 24.3 Å². The average molecular weight is 339 g/mol. The van der Waals surface area contributed by atoms with Crippen molar-refractivity contribution in [3.8, 4) is 11.6 Å². The maximum Gasteiger partial charge on any atom is 0.335 e. The number of rotatable bonds is 3. The molecule has 0 saturated carbocycles. The summed E-state index contributed by atoms with van der Waals surface area (Å²) in [4.78, 5) is 36.9. The minimum atomic E-state index is -0.936. The van der Waals surface area contributed by atoms with Crippen molar-refractivity contribution in [2.24, 2.45) is 10.8 Å². The number of fused-ring (bicyclic) bond motifs is 1. The predicted molar refractivity (Wildman–Crippen MR) is 92.1 cm³/mol. The molecule has 3 rings (SSSR count). The van der Waals surface area contributed by atoms with Gasteiger partial charge in [-0.1, -0.05) is 36.4 Å². The fourth-order valence-electron chi connectivity index (χ4n) is 2.44. The van der Waals surface area contributed by atoms with Gasteiger partial charge in [-0.3, -0.25) is 9.78 Å². The minimum absolute atomic E-state index is 0.304. The number of aromatic hydroxyl groups is 1. The van der Waals surface area contributed by atoms with Gasteiger partial charge in [0, 0.05) is 5.39 Å². The van der Waals surface area contributed by atoms with Crippen LogP contribution in [0.25, 0.3) is 16.5 Å². The Bertz CT molecular complexity index is 1110. The highest BCUT2D eigenvalue weighted by Crippen LogP contribution is 2.24. The minimum Gasteiger partial charge on any atom is -0.493 e. The molecule has 0 radical (unpaired) electrons. The second kappa shape index (κ2) is 6.32. The maximum absolute atomic E-state index is 12.3. The Hall–Kier alpha value is -3.88. The molecule has 0 bridgehead atoms. The Kier molecular flexibility index (Phi) is 4.04. The summed E-state index contributed by atoms with van der Waals surface area (Å²) in [7, 11) is 0. The lowest BCUT2D eigenvalue weighted by molar-refractivity contribution is 0.249. The molecule has 1 heterocycles. The second-order valence-electron chi connectivity index (χ2n) is 5.06. The molecule has 5 N–H and O–H groups in total. The number of urea groups is 1. The molecule has 0 aliphatic rings. The number of hydrogen-bond donors (Lipinski definition) is 4. The summed E-state index contributed by atoms with van der Waals surface area (Å²) >= 11 is 0. The monoisotopic (exact) mass is 339 g/mol. The first-order valence-electron chi connectivity index (χ1n) is 7.14. The number of amides is 2. The molecule has 1 aromatic heterocycles. The van der Waals surface area contributed by atoms with Gasteiger partial charge in [-0.2, -0.15) is 5.10 Å². The SMILES string of the molecule is NC(=O)N/N=C/c1c(O)n(-c2cccc3ccccc23)c(=O)[nH]c1=O. The van der Waals surface area contributed by atoms with Crippen LogP contribution in [0.5, 0.6) is 5.88 Å². The van der Waals surface area contributed by atoms with Gasteiger partial charge in [0.2, 0.25) is 5.88 Å². The standard InChI is InChI=1S/C16H13N5O4/c17-15(24)20-18-8-11-13(22)19-16(25)21(14(11)23)12-7-3-5-9-4-1-2-6-10(9)12/h1-8,23H,(H3,17,20,24)(H,19,22,25)/b18-8+. The van der Waals surface area contributed by atoms with E-state index in [1.807, 2.05) is 23.6 Å². The third-order valence-corrected chi connectivity index (χ3v) is 3.50. The van der Waals surface area contributed by atoms with Crippen LogP contribution < -0.4 is 22.4 Å². The topological polar surface area (TPSA) is 143 Å². The molecule has 2 aromatic carbocycles. The van der Waals surface area contributed by atoms with Gasteiger partial charge in [0.05, 0.1) is 11.9 Å². The molecule has 9 heteroatoms. The van der Waals surface area contributed by atoms with Crippen LogP contribution in [0.1, 0.15) is 5.56 Å². The van der Waals surface area contributed by atoms with Gasteiger partial charge in [-0.25, -0.2) is 19.6 Å². The Labute approximate surface area is 140 Å². The molecule has 0 saturated heterocycles. The lowest BCUT2D eigenvalue weighted by atomic mass is 10.1. The van der Waals surface area contributed by atoms with Crippen molar-refractivity contribution in [3.05, 3.63) is 68.9 Å². The zero-order valence-corrected chi connectivity index (χ0v) is 12.8. The lowest BCUT2D eigenvalue weighted by Crippen LogP contribution is -2.32. The van der Waals surface area contributed by atoms with E-state index < -0.39 is 23.2 Å². The van der Waals surface area contributed by atoms with E-state index in [2.05, 4.69) is 10.1 Å². The fourth-order valence-corrected chi connectivity index (χ4v) is 2.44. The van der Waals surface area contributed by atoms with E-state index in [0.717, 1.165) is 16.2 Å². The van der Waals surface area contributed by atoms with Crippen molar-refractivity contribution in [1.29, 1.82) is 0 Å². The van der Waals surface area contributed by atoms with Gasteiger partial charge in [0.25, 0.3) is 5.56 Å². The quantitative estimate of drug-likeness (QED) is 0.404. The lowest BCUT2D eigenvalue weighted by Gasteiger charge is -2.12. The first kappa shape index (κ1) is 16.0. The number of nitrogens with two attached hydrogens (primary N) is 1. The van der Waals surface area contributed by atoms with Crippen molar-refractivity contribution in [2.75, 3.05) is 0 Å². The summed E-state index contributed by atoms with van der Waals surface area (Å²) < 4.78 is 0.954. The first-order valence-corrected chi connectivity index (χ1v) is 7.14. The molecular formula is C16H13N5O4. The van der Waals surface area contributed by atoms with E-state index in [4.69, 9.17) is 5.73 Å². The van der Waals surface area contributed by atoms with Gasteiger partial charge in [0.1, 0.15) is 5.56 Å². The van der Waals surface area contributed by atoms with Crippen LogP contribution in [-0.2, 0) is 0 Å².